The molecule has 0 spiro atoms. The topological polar surface area (TPSA) is 29.1 Å². The smallest absolute Gasteiger partial charge is 0.252 e. The number of amides is 1. The van der Waals surface area contributed by atoms with Crippen molar-refractivity contribution in [2.75, 3.05) is 0 Å². The van der Waals surface area contributed by atoms with Gasteiger partial charge in [0.2, 0.25) is 0 Å². The fraction of sp³-hybridized carbons (Fsp3) is 0.133. The van der Waals surface area contributed by atoms with E-state index in [0.29, 0.717) is 6.54 Å². The Bertz CT molecular complexity index is 549. The molecule has 0 unspecified atom stereocenters. The number of hydrogen-bond acceptors (Lipinski definition) is 1. The van der Waals surface area contributed by atoms with Gasteiger partial charge in [-0.25, -0.2) is 0 Å². The molecule has 0 fully saturated rings. The van der Waals surface area contributed by atoms with E-state index in [4.69, 9.17) is 0 Å². The highest BCUT2D eigenvalue weighted by Crippen LogP contribution is 2.11. The van der Waals surface area contributed by atoms with Crippen molar-refractivity contribution in [1.29, 1.82) is 0 Å². The third-order valence-electron chi connectivity index (χ3n) is 2.69. The fourth-order valence-electron chi connectivity index (χ4n) is 1.63. The molecule has 0 saturated heterocycles. The maximum atomic E-state index is 12.0. The van der Waals surface area contributed by atoms with Crippen LogP contribution in [0, 0.1) is 10.5 Å². The summed E-state index contributed by atoms with van der Waals surface area (Å²) in [5.74, 6) is -0.0272. The van der Waals surface area contributed by atoms with Crippen LogP contribution in [0.2, 0.25) is 0 Å². The lowest BCUT2D eigenvalue weighted by Gasteiger charge is -2.07. The van der Waals surface area contributed by atoms with Crippen molar-refractivity contribution in [1.82, 2.24) is 5.32 Å². The number of rotatable bonds is 3. The molecule has 2 aromatic carbocycles. The van der Waals surface area contributed by atoms with Gasteiger partial charge in [0.1, 0.15) is 0 Å². The van der Waals surface area contributed by atoms with Gasteiger partial charge in [-0.2, -0.15) is 0 Å². The minimum absolute atomic E-state index is 0.0272. The van der Waals surface area contributed by atoms with E-state index >= 15 is 0 Å². The molecule has 2 nitrogen and oxygen atoms in total. The largest absolute Gasteiger partial charge is 0.348 e. The first-order valence-corrected chi connectivity index (χ1v) is 6.83. The monoisotopic (exact) mass is 351 g/mol. The summed E-state index contributed by atoms with van der Waals surface area (Å²) in [6, 6.07) is 15.7. The van der Waals surface area contributed by atoms with E-state index in [1.807, 2.05) is 48.5 Å². The third-order valence-corrected chi connectivity index (χ3v) is 3.63. The predicted octanol–water partition coefficient (Wildman–Crippen LogP) is 3.53. The van der Waals surface area contributed by atoms with E-state index in [1.54, 1.807) is 0 Å². The molecule has 1 N–H and O–H groups in total. The summed E-state index contributed by atoms with van der Waals surface area (Å²) in [5, 5.41) is 2.93. The summed E-state index contributed by atoms with van der Waals surface area (Å²) < 4.78 is 0.969. The molecular formula is C15H14INO. The van der Waals surface area contributed by atoms with Crippen LogP contribution in [0.4, 0.5) is 0 Å². The highest BCUT2D eigenvalue weighted by Gasteiger charge is 2.08. The zero-order valence-electron chi connectivity index (χ0n) is 10.1. The molecule has 0 aliphatic carbocycles. The van der Waals surface area contributed by atoms with Crippen molar-refractivity contribution < 1.29 is 4.79 Å². The van der Waals surface area contributed by atoms with Gasteiger partial charge in [0.15, 0.2) is 0 Å². The Labute approximate surface area is 121 Å². The van der Waals surface area contributed by atoms with Crippen LogP contribution in [0.15, 0.2) is 48.5 Å². The molecule has 0 saturated carbocycles. The van der Waals surface area contributed by atoms with Gasteiger partial charge >= 0.3 is 0 Å². The van der Waals surface area contributed by atoms with Crippen molar-refractivity contribution >= 4 is 28.5 Å². The van der Waals surface area contributed by atoms with Crippen molar-refractivity contribution in [3.8, 4) is 0 Å². The first-order chi connectivity index (χ1) is 8.66. The van der Waals surface area contributed by atoms with E-state index in [2.05, 4.69) is 34.8 Å². The average molecular weight is 351 g/mol. The third kappa shape index (κ3) is 3.32. The van der Waals surface area contributed by atoms with Crippen LogP contribution in [0.5, 0.6) is 0 Å². The van der Waals surface area contributed by atoms with Crippen molar-refractivity contribution in [2.24, 2.45) is 0 Å². The Morgan fingerprint density at radius 1 is 1.11 bits per heavy atom. The normalized spacial score (nSPS) is 10.1. The number of hydrogen-bond donors (Lipinski definition) is 1. The Balaban J connectivity index is 2.01. The number of carbonyl (C=O) groups excluding carboxylic acids is 1. The lowest BCUT2D eigenvalue weighted by molar-refractivity contribution is 0.0950. The van der Waals surface area contributed by atoms with E-state index in [-0.39, 0.29) is 5.91 Å². The standard InChI is InChI=1S/C15H14INO/c1-11-6-8-12(9-7-11)10-17-15(18)13-4-2-3-5-14(13)16/h2-9H,10H2,1H3,(H,17,18). The van der Waals surface area contributed by atoms with Gasteiger partial charge in [-0.3, -0.25) is 4.79 Å². The maximum absolute atomic E-state index is 12.0. The van der Waals surface area contributed by atoms with E-state index < -0.39 is 0 Å². The summed E-state index contributed by atoms with van der Waals surface area (Å²) in [5.41, 5.74) is 3.06. The first-order valence-electron chi connectivity index (χ1n) is 5.75. The van der Waals surface area contributed by atoms with Gasteiger partial charge in [-0.05, 0) is 47.2 Å². The van der Waals surface area contributed by atoms with E-state index in [9.17, 15) is 4.79 Å². The van der Waals surface area contributed by atoms with Crippen LogP contribution in [-0.4, -0.2) is 5.91 Å². The molecule has 2 aromatic rings. The van der Waals surface area contributed by atoms with Crippen LogP contribution in [0.25, 0.3) is 0 Å². The number of nitrogens with one attached hydrogen (secondary N) is 1. The second-order valence-electron chi connectivity index (χ2n) is 4.15. The Morgan fingerprint density at radius 3 is 2.44 bits per heavy atom. The second kappa shape index (κ2) is 6.00. The summed E-state index contributed by atoms with van der Waals surface area (Å²) in [7, 11) is 0. The number of aryl methyl sites for hydroxylation is 1. The zero-order valence-corrected chi connectivity index (χ0v) is 12.3. The second-order valence-corrected chi connectivity index (χ2v) is 5.31. The molecule has 0 aliphatic heterocycles. The molecule has 0 bridgehead atoms. The Hall–Kier alpha value is -1.36. The lowest BCUT2D eigenvalue weighted by atomic mass is 10.1. The Kier molecular flexibility index (Phi) is 4.36. The van der Waals surface area contributed by atoms with Crippen LogP contribution in [-0.2, 0) is 6.54 Å². The zero-order chi connectivity index (χ0) is 13.0. The molecule has 0 aliphatic rings. The molecule has 1 amide bonds. The summed E-state index contributed by atoms with van der Waals surface area (Å²) in [4.78, 5) is 12.0. The molecule has 0 radical (unpaired) electrons. The minimum Gasteiger partial charge on any atom is -0.348 e. The van der Waals surface area contributed by atoms with Gasteiger partial charge in [0.05, 0.1) is 5.56 Å². The number of halogens is 1. The highest BCUT2D eigenvalue weighted by atomic mass is 127. The fourth-order valence-corrected chi connectivity index (χ4v) is 2.26. The Morgan fingerprint density at radius 2 is 1.78 bits per heavy atom. The van der Waals surface area contributed by atoms with Gasteiger partial charge in [-0.15, -0.1) is 0 Å². The van der Waals surface area contributed by atoms with Crippen LogP contribution >= 0.6 is 22.6 Å². The average Bonchev–Trinajstić information content (AvgIpc) is 2.38. The predicted molar refractivity (Wildman–Crippen MR) is 81.5 cm³/mol. The van der Waals surface area contributed by atoms with Crippen LogP contribution in [0.3, 0.4) is 0 Å². The molecule has 2 rings (SSSR count). The van der Waals surface area contributed by atoms with Crippen molar-refractivity contribution in [3.63, 3.8) is 0 Å². The minimum atomic E-state index is -0.0272. The molecule has 0 atom stereocenters. The SMILES string of the molecule is Cc1ccc(CNC(=O)c2ccccc2I)cc1. The number of carbonyl (C=O) groups is 1. The van der Waals surface area contributed by atoms with Crippen molar-refractivity contribution in [3.05, 3.63) is 68.8 Å². The van der Waals surface area contributed by atoms with Gasteiger partial charge < -0.3 is 5.32 Å². The van der Waals surface area contributed by atoms with Gasteiger partial charge in [-0.1, -0.05) is 42.0 Å². The molecule has 92 valence electrons. The van der Waals surface area contributed by atoms with E-state index in [1.165, 1.54) is 5.56 Å². The molecular weight excluding hydrogens is 337 g/mol. The molecule has 0 aromatic heterocycles. The highest BCUT2D eigenvalue weighted by molar-refractivity contribution is 14.1. The molecule has 0 heterocycles. The van der Waals surface area contributed by atoms with Crippen molar-refractivity contribution in [2.45, 2.75) is 13.5 Å². The van der Waals surface area contributed by atoms with Gasteiger partial charge in [0.25, 0.3) is 5.91 Å². The molecule has 3 heteroatoms. The summed E-state index contributed by atoms with van der Waals surface area (Å²) in [6.45, 7) is 2.61. The van der Waals surface area contributed by atoms with Crippen LogP contribution in [0.1, 0.15) is 21.5 Å². The maximum Gasteiger partial charge on any atom is 0.252 e. The van der Waals surface area contributed by atoms with Crippen LogP contribution < -0.4 is 5.32 Å². The van der Waals surface area contributed by atoms with E-state index in [0.717, 1.165) is 14.7 Å². The molecule has 18 heavy (non-hydrogen) atoms. The lowest BCUT2D eigenvalue weighted by Crippen LogP contribution is -2.23. The van der Waals surface area contributed by atoms with Gasteiger partial charge in [0, 0.05) is 10.1 Å². The quantitative estimate of drug-likeness (QED) is 0.843. The summed E-state index contributed by atoms with van der Waals surface area (Å²) >= 11 is 2.17. The number of benzene rings is 2. The summed E-state index contributed by atoms with van der Waals surface area (Å²) in [6.07, 6.45) is 0. The first kappa shape index (κ1) is 13.1.